The maximum atomic E-state index is 6.52. The van der Waals surface area contributed by atoms with Crippen LogP contribution in [0.15, 0.2) is 69.6 Å². The van der Waals surface area contributed by atoms with Gasteiger partial charge in [0, 0.05) is 33.5 Å². The molecule has 0 saturated heterocycles. The van der Waals surface area contributed by atoms with Crippen molar-refractivity contribution in [1.82, 2.24) is 4.98 Å². The van der Waals surface area contributed by atoms with Gasteiger partial charge in [0.15, 0.2) is 5.58 Å². The highest BCUT2D eigenvalue weighted by Gasteiger charge is 2.22. The predicted molar refractivity (Wildman–Crippen MR) is 142 cm³/mol. The molecule has 0 amide bonds. The Kier molecular flexibility index (Phi) is 4.60. The Labute approximate surface area is 199 Å². The van der Waals surface area contributed by atoms with Crippen molar-refractivity contribution in [1.29, 1.82) is 0 Å². The van der Waals surface area contributed by atoms with E-state index >= 15 is 0 Å². The third-order valence-electron chi connectivity index (χ3n) is 6.95. The third-order valence-corrected chi connectivity index (χ3v) is 6.95. The molecule has 0 aliphatic carbocycles. The van der Waals surface area contributed by atoms with Gasteiger partial charge in [-0.2, -0.15) is 0 Å². The fraction of sp³-hybridized carbons (Fsp3) is 0.258. The van der Waals surface area contributed by atoms with Gasteiger partial charge < -0.3 is 8.83 Å². The minimum Gasteiger partial charge on any atom is -0.461 e. The first kappa shape index (κ1) is 21.0. The lowest BCUT2D eigenvalue weighted by Crippen LogP contribution is -2.12. The minimum atomic E-state index is 0.00687. The van der Waals surface area contributed by atoms with Gasteiger partial charge in [0.05, 0.1) is 0 Å². The number of pyridine rings is 1. The minimum absolute atomic E-state index is 0.00687. The summed E-state index contributed by atoms with van der Waals surface area (Å²) >= 11 is 0. The van der Waals surface area contributed by atoms with Gasteiger partial charge in [0.1, 0.15) is 22.6 Å². The number of benzene rings is 3. The second-order valence-corrected chi connectivity index (χ2v) is 10.3. The van der Waals surface area contributed by atoms with E-state index in [1.165, 1.54) is 27.3 Å². The lowest BCUT2D eigenvalue weighted by Gasteiger charge is -2.22. The fourth-order valence-corrected chi connectivity index (χ4v) is 5.39. The van der Waals surface area contributed by atoms with Crippen molar-refractivity contribution < 1.29 is 8.83 Å². The van der Waals surface area contributed by atoms with E-state index in [2.05, 4.69) is 77.1 Å². The third kappa shape index (κ3) is 3.07. The second kappa shape index (κ2) is 7.46. The maximum Gasteiger partial charge on any atom is 0.161 e. The molecule has 3 nitrogen and oxygen atoms in total. The van der Waals surface area contributed by atoms with E-state index in [0.29, 0.717) is 0 Å². The second-order valence-electron chi connectivity index (χ2n) is 10.3. The molecule has 34 heavy (non-hydrogen) atoms. The zero-order valence-corrected chi connectivity index (χ0v) is 20.5. The Morgan fingerprint density at radius 2 is 1.62 bits per heavy atom. The molecule has 3 heterocycles. The molecule has 0 bridgehead atoms. The predicted octanol–water partition coefficient (Wildman–Crippen LogP) is 9.11. The van der Waals surface area contributed by atoms with Crippen LogP contribution in [-0.4, -0.2) is 4.98 Å². The van der Waals surface area contributed by atoms with E-state index in [-0.39, 0.29) is 5.41 Å². The van der Waals surface area contributed by atoms with Crippen LogP contribution < -0.4 is 0 Å². The summed E-state index contributed by atoms with van der Waals surface area (Å²) in [5.74, 6) is 0.998. The largest absolute Gasteiger partial charge is 0.461 e. The molecule has 0 unspecified atom stereocenters. The van der Waals surface area contributed by atoms with Gasteiger partial charge in [-0.05, 0) is 65.4 Å². The van der Waals surface area contributed by atoms with Gasteiger partial charge in [-0.25, -0.2) is 0 Å². The van der Waals surface area contributed by atoms with Crippen molar-refractivity contribution in [3.05, 3.63) is 77.7 Å². The van der Waals surface area contributed by atoms with Gasteiger partial charge in [-0.1, -0.05) is 58.4 Å². The number of fused-ring (bicyclic) bond motifs is 6. The summed E-state index contributed by atoms with van der Waals surface area (Å²) in [4.78, 5) is 4.83. The summed E-state index contributed by atoms with van der Waals surface area (Å²) in [6.45, 7) is 11.1. The van der Waals surface area contributed by atoms with E-state index in [1.54, 1.807) is 0 Å². The zero-order valence-electron chi connectivity index (χ0n) is 20.5. The molecule has 170 valence electrons. The van der Waals surface area contributed by atoms with E-state index in [1.807, 2.05) is 18.3 Å². The summed E-state index contributed by atoms with van der Waals surface area (Å²) in [6.07, 6.45) is 3.97. The van der Waals surface area contributed by atoms with Gasteiger partial charge >= 0.3 is 0 Å². The molecule has 3 aromatic carbocycles. The summed E-state index contributed by atoms with van der Waals surface area (Å²) in [6, 6.07) is 19.3. The smallest absolute Gasteiger partial charge is 0.161 e. The van der Waals surface area contributed by atoms with Crippen LogP contribution in [0.3, 0.4) is 0 Å². The van der Waals surface area contributed by atoms with Gasteiger partial charge in [-0.15, -0.1) is 0 Å². The SMILES string of the molecule is CCCc1c(C)oc2ccc3oc4c(-c5cc(C(C)(C)C)c6ccccc6c5)nccc4c3c12. The average Bonchev–Trinajstić information content (AvgIpc) is 3.35. The Bertz CT molecular complexity index is 1710. The molecule has 6 aromatic rings. The molecule has 0 atom stereocenters. The van der Waals surface area contributed by atoms with E-state index in [9.17, 15) is 0 Å². The van der Waals surface area contributed by atoms with Gasteiger partial charge in [-0.3, -0.25) is 4.98 Å². The Morgan fingerprint density at radius 3 is 2.38 bits per heavy atom. The van der Waals surface area contributed by atoms with Crippen molar-refractivity contribution in [3.8, 4) is 11.3 Å². The number of aromatic nitrogens is 1. The van der Waals surface area contributed by atoms with E-state index < -0.39 is 0 Å². The molecule has 3 heteroatoms. The standard InChI is InChI=1S/C31H29NO2/c1-6-9-21-18(2)33-25-12-13-26-28(27(21)25)23-14-15-32-29(30(23)34-26)20-16-19-10-7-8-11-22(19)24(17-20)31(3,4)5/h7-8,10-17H,6,9H2,1-5H3. The number of hydrogen-bond donors (Lipinski definition) is 0. The van der Waals surface area contributed by atoms with E-state index in [4.69, 9.17) is 13.8 Å². The van der Waals surface area contributed by atoms with Crippen molar-refractivity contribution in [3.63, 3.8) is 0 Å². The molecule has 0 N–H and O–H groups in total. The van der Waals surface area contributed by atoms with Gasteiger partial charge in [0.2, 0.25) is 0 Å². The first-order valence-electron chi connectivity index (χ1n) is 12.1. The van der Waals surface area contributed by atoms with E-state index in [0.717, 1.165) is 57.4 Å². The lowest BCUT2D eigenvalue weighted by molar-refractivity contribution is 0.571. The summed E-state index contributed by atoms with van der Waals surface area (Å²) in [5, 5.41) is 5.91. The molecule has 0 fully saturated rings. The van der Waals surface area contributed by atoms with Crippen LogP contribution in [-0.2, 0) is 11.8 Å². The zero-order chi connectivity index (χ0) is 23.6. The number of nitrogens with zero attached hydrogens (tertiary/aromatic N) is 1. The number of aryl methyl sites for hydroxylation is 2. The Hall–Kier alpha value is -3.59. The van der Waals surface area contributed by atoms with Crippen molar-refractivity contribution in [2.45, 2.75) is 52.9 Å². The summed E-state index contributed by atoms with van der Waals surface area (Å²) < 4.78 is 12.7. The quantitative estimate of drug-likeness (QED) is 0.271. The first-order valence-corrected chi connectivity index (χ1v) is 12.1. The fourth-order valence-electron chi connectivity index (χ4n) is 5.39. The van der Waals surface area contributed by atoms with Crippen molar-refractivity contribution in [2.75, 3.05) is 0 Å². The van der Waals surface area contributed by atoms with Gasteiger partial charge in [0.25, 0.3) is 0 Å². The number of hydrogen-bond acceptors (Lipinski definition) is 3. The van der Waals surface area contributed by atoms with Crippen molar-refractivity contribution >= 4 is 43.7 Å². The molecular formula is C31H29NO2. The highest BCUT2D eigenvalue weighted by atomic mass is 16.3. The van der Waals surface area contributed by atoms with Crippen LogP contribution in [0.2, 0.25) is 0 Å². The molecule has 0 aliphatic rings. The van der Waals surface area contributed by atoms with Crippen LogP contribution >= 0.6 is 0 Å². The molecule has 0 radical (unpaired) electrons. The Morgan fingerprint density at radius 1 is 0.853 bits per heavy atom. The maximum absolute atomic E-state index is 6.52. The average molecular weight is 448 g/mol. The molecule has 6 rings (SSSR count). The first-order chi connectivity index (χ1) is 16.4. The Balaban J connectivity index is 1.69. The van der Waals surface area contributed by atoms with Crippen molar-refractivity contribution in [2.24, 2.45) is 0 Å². The molecular weight excluding hydrogens is 418 g/mol. The normalized spacial score (nSPS) is 12.5. The highest BCUT2D eigenvalue weighted by Crippen LogP contribution is 2.42. The monoisotopic (exact) mass is 447 g/mol. The van der Waals surface area contributed by atoms with Crippen LogP contribution in [0.25, 0.3) is 54.9 Å². The van der Waals surface area contributed by atoms with Crippen LogP contribution in [0.5, 0.6) is 0 Å². The number of rotatable bonds is 3. The topological polar surface area (TPSA) is 39.2 Å². The molecule has 0 spiro atoms. The molecule has 3 aromatic heterocycles. The molecule has 0 saturated carbocycles. The van der Waals surface area contributed by atoms with Crippen LogP contribution in [0, 0.1) is 6.92 Å². The molecule has 0 aliphatic heterocycles. The summed E-state index contributed by atoms with van der Waals surface area (Å²) in [7, 11) is 0. The highest BCUT2D eigenvalue weighted by molar-refractivity contribution is 6.20. The summed E-state index contributed by atoms with van der Waals surface area (Å²) in [5.41, 5.74) is 7.21. The number of furan rings is 2. The van der Waals surface area contributed by atoms with Crippen LogP contribution in [0.4, 0.5) is 0 Å². The van der Waals surface area contributed by atoms with Crippen LogP contribution in [0.1, 0.15) is 51.0 Å². The lowest BCUT2D eigenvalue weighted by atomic mass is 9.82.